The van der Waals surface area contributed by atoms with E-state index < -0.39 is 11.9 Å². The second-order valence-electron chi connectivity index (χ2n) is 6.24. The Bertz CT molecular complexity index is 908. The van der Waals surface area contributed by atoms with Gasteiger partial charge in [-0.1, -0.05) is 18.5 Å². The predicted octanol–water partition coefficient (Wildman–Crippen LogP) is 4.93. The molecule has 1 saturated carbocycles. The van der Waals surface area contributed by atoms with Gasteiger partial charge < -0.3 is 4.57 Å². The number of nitrogens with zero attached hydrogens (tertiary/aromatic N) is 3. The van der Waals surface area contributed by atoms with Crippen LogP contribution < -0.4 is 0 Å². The van der Waals surface area contributed by atoms with E-state index in [1.54, 1.807) is 18.3 Å². The summed E-state index contributed by atoms with van der Waals surface area (Å²) in [5, 5.41) is 7.85. The Morgan fingerprint density at radius 3 is 2.75 bits per heavy atom. The zero-order valence-electron chi connectivity index (χ0n) is 12.7. The summed E-state index contributed by atoms with van der Waals surface area (Å²) < 4.78 is 40.9. The van der Waals surface area contributed by atoms with Crippen LogP contribution in [0.1, 0.15) is 37.2 Å². The van der Waals surface area contributed by atoms with E-state index in [1.165, 1.54) is 4.57 Å². The van der Waals surface area contributed by atoms with E-state index in [-0.39, 0.29) is 5.92 Å². The number of imidazole rings is 1. The molecule has 1 fully saturated rings. The lowest BCUT2D eigenvalue weighted by molar-refractivity contribution is -0.141. The minimum Gasteiger partial charge on any atom is -0.303 e. The summed E-state index contributed by atoms with van der Waals surface area (Å²) in [6, 6.07) is 3.39. The van der Waals surface area contributed by atoms with Gasteiger partial charge in [-0.15, -0.1) is 0 Å². The first-order valence-electron chi connectivity index (χ1n) is 7.64. The van der Waals surface area contributed by atoms with Crippen LogP contribution in [0, 0.1) is 5.92 Å². The smallest absolute Gasteiger partial charge is 0.303 e. The molecule has 4 nitrogen and oxygen atoms in total. The molecular formula is C16H14ClF3N4. The van der Waals surface area contributed by atoms with Gasteiger partial charge in [0.05, 0.1) is 16.7 Å². The van der Waals surface area contributed by atoms with Crippen LogP contribution in [0.3, 0.4) is 0 Å². The van der Waals surface area contributed by atoms with Crippen molar-refractivity contribution in [3.8, 4) is 5.69 Å². The van der Waals surface area contributed by atoms with Crippen LogP contribution in [0.25, 0.3) is 16.6 Å². The summed E-state index contributed by atoms with van der Waals surface area (Å²) in [5.74, 6) is 0.768. The number of fused-ring (bicyclic) bond motifs is 1. The number of aromatic amines is 1. The SMILES string of the molecule is CC(c1nc(C(F)(F)F)cn1-c1cc(Cl)c2[nH]ncc2c1)C1CC1. The third-order valence-corrected chi connectivity index (χ3v) is 4.82. The molecule has 1 aliphatic rings. The van der Waals surface area contributed by atoms with Crippen molar-refractivity contribution in [1.29, 1.82) is 0 Å². The fourth-order valence-corrected chi connectivity index (χ4v) is 3.27. The van der Waals surface area contributed by atoms with Gasteiger partial charge in [-0.3, -0.25) is 5.10 Å². The lowest BCUT2D eigenvalue weighted by Gasteiger charge is -2.13. The molecule has 1 aliphatic carbocycles. The fraction of sp³-hybridized carbons (Fsp3) is 0.375. The highest BCUT2D eigenvalue weighted by Gasteiger charge is 2.38. The van der Waals surface area contributed by atoms with Crippen LogP contribution in [-0.2, 0) is 6.18 Å². The van der Waals surface area contributed by atoms with Crippen molar-refractivity contribution in [2.75, 3.05) is 0 Å². The molecule has 0 amide bonds. The van der Waals surface area contributed by atoms with Crippen molar-refractivity contribution in [1.82, 2.24) is 19.7 Å². The van der Waals surface area contributed by atoms with Gasteiger partial charge in [0.15, 0.2) is 5.69 Å². The highest BCUT2D eigenvalue weighted by molar-refractivity contribution is 6.35. The molecular weight excluding hydrogens is 341 g/mol. The zero-order chi connectivity index (χ0) is 17.1. The van der Waals surface area contributed by atoms with Gasteiger partial charge in [-0.05, 0) is 30.9 Å². The quantitative estimate of drug-likeness (QED) is 0.724. The van der Waals surface area contributed by atoms with Crippen LogP contribution in [0.4, 0.5) is 13.2 Å². The molecule has 0 radical (unpaired) electrons. The topological polar surface area (TPSA) is 46.5 Å². The normalized spacial score (nSPS) is 16.7. The molecule has 1 atom stereocenters. The number of halogens is 4. The molecule has 1 unspecified atom stereocenters. The van der Waals surface area contributed by atoms with Crippen LogP contribution >= 0.6 is 11.6 Å². The average Bonchev–Trinajstić information content (AvgIpc) is 3.07. The van der Waals surface area contributed by atoms with E-state index in [0.29, 0.717) is 28.0 Å². The molecule has 1 N–H and O–H groups in total. The van der Waals surface area contributed by atoms with E-state index >= 15 is 0 Å². The van der Waals surface area contributed by atoms with Gasteiger partial charge in [0.1, 0.15) is 5.82 Å². The summed E-state index contributed by atoms with van der Waals surface area (Å²) in [7, 11) is 0. The second kappa shape index (κ2) is 5.24. The summed E-state index contributed by atoms with van der Waals surface area (Å²) in [6.07, 6.45) is 0.211. The first kappa shape index (κ1) is 15.5. The van der Waals surface area contributed by atoms with Gasteiger partial charge in [-0.2, -0.15) is 18.3 Å². The number of hydrogen-bond donors (Lipinski definition) is 1. The lowest BCUT2D eigenvalue weighted by Crippen LogP contribution is -2.07. The number of nitrogens with one attached hydrogen (secondary N) is 1. The highest BCUT2D eigenvalue weighted by Crippen LogP contribution is 2.43. The van der Waals surface area contributed by atoms with Gasteiger partial charge in [0.2, 0.25) is 0 Å². The van der Waals surface area contributed by atoms with Crippen molar-refractivity contribution >= 4 is 22.5 Å². The van der Waals surface area contributed by atoms with Gasteiger partial charge >= 0.3 is 6.18 Å². The van der Waals surface area contributed by atoms with E-state index in [1.807, 2.05) is 6.92 Å². The Balaban J connectivity index is 1.89. The molecule has 126 valence electrons. The molecule has 4 rings (SSSR count). The molecule has 3 aromatic rings. The van der Waals surface area contributed by atoms with E-state index in [0.717, 1.165) is 24.4 Å². The van der Waals surface area contributed by atoms with E-state index in [9.17, 15) is 13.2 Å². The Kier molecular flexibility index (Phi) is 3.38. The van der Waals surface area contributed by atoms with Crippen molar-refractivity contribution < 1.29 is 13.2 Å². The van der Waals surface area contributed by atoms with E-state index in [2.05, 4.69) is 15.2 Å². The summed E-state index contributed by atoms with van der Waals surface area (Å²) in [5.41, 5.74) is 0.334. The molecule has 0 aliphatic heterocycles. The Hall–Kier alpha value is -2.02. The minimum absolute atomic E-state index is 0.0417. The molecule has 2 heterocycles. The Morgan fingerprint density at radius 1 is 1.33 bits per heavy atom. The number of aromatic nitrogens is 4. The third-order valence-electron chi connectivity index (χ3n) is 4.52. The average molecular weight is 355 g/mol. The molecule has 8 heteroatoms. The molecule has 0 spiro atoms. The van der Waals surface area contributed by atoms with Gasteiger partial charge in [-0.25, -0.2) is 4.98 Å². The molecule has 24 heavy (non-hydrogen) atoms. The minimum atomic E-state index is -4.48. The largest absolute Gasteiger partial charge is 0.434 e. The van der Waals surface area contributed by atoms with Gasteiger partial charge in [0.25, 0.3) is 0 Å². The van der Waals surface area contributed by atoms with Crippen LogP contribution in [0.5, 0.6) is 0 Å². The maximum atomic E-state index is 13.1. The van der Waals surface area contributed by atoms with Crippen LogP contribution in [0.2, 0.25) is 5.02 Å². The van der Waals surface area contributed by atoms with E-state index in [4.69, 9.17) is 11.6 Å². The summed E-state index contributed by atoms with van der Waals surface area (Å²) >= 11 is 6.23. The van der Waals surface area contributed by atoms with Crippen molar-refractivity contribution in [2.45, 2.75) is 31.9 Å². The monoisotopic (exact) mass is 354 g/mol. The Labute approximate surface area is 140 Å². The number of H-pyrrole nitrogens is 1. The molecule has 0 saturated heterocycles. The van der Waals surface area contributed by atoms with Crippen molar-refractivity contribution in [3.05, 3.63) is 41.1 Å². The zero-order valence-corrected chi connectivity index (χ0v) is 13.5. The van der Waals surface area contributed by atoms with Crippen molar-refractivity contribution in [2.24, 2.45) is 5.92 Å². The first-order valence-corrected chi connectivity index (χ1v) is 8.02. The maximum absolute atomic E-state index is 13.1. The highest BCUT2D eigenvalue weighted by atomic mass is 35.5. The number of benzene rings is 1. The summed E-state index contributed by atoms with van der Waals surface area (Å²) in [4.78, 5) is 3.89. The first-order chi connectivity index (χ1) is 11.3. The van der Waals surface area contributed by atoms with Crippen molar-refractivity contribution in [3.63, 3.8) is 0 Å². The molecule has 0 bridgehead atoms. The van der Waals surface area contributed by atoms with Crippen LogP contribution in [0.15, 0.2) is 24.5 Å². The van der Waals surface area contributed by atoms with Crippen LogP contribution in [-0.4, -0.2) is 19.7 Å². The molecule has 1 aromatic carbocycles. The lowest BCUT2D eigenvalue weighted by atomic mass is 10.1. The number of rotatable bonds is 3. The Morgan fingerprint density at radius 2 is 2.08 bits per heavy atom. The second-order valence-corrected chi connectivity index (χ2v) is 6.65. The number of alkyl halides is 3. The predicted molar refractivity (Wildman–Crippen MR) is 84.4 cm³/mol. The third kappa shape index (κ3) is 2.56. The maximum Gasteiger partial charge on any atom is 0.434 e. The fourth-order valence-electron chi connectivity index (χ4n) is 3.00. The van der Waals surface area contributed by atoms with Gasteiger partial charge in [0, 0.05) is 23.2 Å². The molecule has 2 aromatic heterocycles. The number of hydrogen-bond acceptors (Lipinski definition) is 2. The standard InChI is InChI=1S/C16H14ClF3N4/c1-8(9-2-3-9)15-22-13(16(18,19)20)7-24(15)11-4-10-6-21-23-14(10)12(17)5-11/h4-9H,2-3H2,1H3,(H,21,23). The summed E-state index contributed by atoms with van der Waals surface area (Å²) in [6.45, 7) is 1.93.